The summed E-state index contributed by atoms with van der Waals surface area (Å²) >= 11 is 0. The fourth-order valence-corrected chi connectivity index (χ4v) is 3.52. The van der Waals surface area contributed by atoms with Gasteiger partial charge in [-0.3, -0.25) is 4.99 Å². The van der Waals surface area contributed by atoms with Gasteiger partial charge in [-0.25, -0.2) is 4.98 Å². The lowest BCUT2D eigenvalue weighted by Gasteiger charge is -2.09. The first-order valence-electron chi connectivity index (χ1n) is 9.12. The van der Waals surface area contributed by atoms with Crippen LogP contribution in [0.2, 0.25) is 0 Å². The van der Waals surface area contributed by atoms with Gasteiger partial charge in [0.2, 0.25) is 0 Å². The van der Waals surface area contributed by atoms with E-state index >= 15 is 0 Å². The monoisotopic (exact) mass is 345 g/mol. The van der Waals surface area contributed by atoms with Gasteiger partial charge in [-0.05, 0) is 42.5 Å². The molecule has 0 radical (unpaired) electrons. The Balaban J connectivity index is 1.31. The molecule has 2 heterocycles. The topological polar surface area (TPSA) is 39.4 Å². The second-order valence-corrected chi connectivity index (χ2v) is 6.62. The molecule has 1 atom stereocenters. The summed E-state index contributed by atoms with van der Waals surface area (Å²) in [5.41, 5.74) is 4.63. The van der Waals surface area contributed by atoms with Crippen molar-refractivity contribution in [2.75, 3.05) is 7.11 Å². The van der Waals surface area contributed by atoms with Crippen LogP contribution in [0, 0.1) is 0 Å². The zero-order valence-corrected chi connectivity index (χ0v) is 15.0. The van der Waals surface area contributed by atoms with Crippen molar-refractivity contribution in [3.63, 3.8) is 0 Å². The standard InChI is InChI=1S/C22H23N3O/c1-26-22-12-5-4-10-19(22)21-15-25(16-24-21)13-7-6-11-20-18-9-3-2-8-17(18)14-23-20/h2-5,8-10,12,14-16,20H,6-7,11,13H2,1H3. The van der Waals surface area contributed by atoms with E-state index in [2.05, 4.69) is 45.0 Å². The summed E-state index contributed by atoms with van der Waals surface area (Å²) in [4.78, 5) is 9.19. The molecular formula is C22H23N3O. The van der Waals surface area contributed by atoms with Crippen molar-refractivity contribution in [2.24, 2.45) is 4.99 Å². The maximum absolute atomic E-state index is 5.43. The normalized spacial score (nSPS) is 15.2. The summed E-state index contributed by atoms with van der Waals surface area (Å²) in [6, 6.07) is 16.8. The molecule has 132 valence electrons. The number of rotatable bonds is 7. The molecule has 0 aliphatic carbocycles. The number of benzene rings is 2. The van der Waals surface area contributed by atoms with E-state index in [1.807, 2.05) is 36.8 Å². The number of nitrogens with zero attached hydrogens (tertiary/aromatic N) is 3. The van der Waals surface area contributed by atoms with Crippen molar-refractivity contribution < 1.29 is 4.74 Å². The molecule has 1 aliphatic heterocycles. The number of hydrogen-bond acceptors (Lipinski definition) is 3. The molecule has 2 aromatic carbocycles. The highest BCUT2D eigenvalue weighted by Crippen LogP contribution is 2.31. The number of unbranched alkanes of at least 4 members (excludes halogenated alkanes) is 1. The molecule has 0 amide bonds. The van der Waals surface area contributed by atoms with E-state index in [-0.39, 0.29) is 0 Å². The minimum absolute atomic E-state index is 0.332. The third kappa shape index (κ3) is 3.40. The highest BCUT2D eigenvalue weighted by Gasteiger charge is 2.17. The minimum Gasteiger partial charge on any atom is -0.496 e. The quantitative estimate of drug-likeness (QED) is 0.571. The van der Waals surface area contributed by atoms with Crippen molar-refractivity contribution in [3.05, 3.63) is 72.2 Å². The number of hydrogen-bond donors (Lipinski definition) is 0. The Morgan fingerprint density at radius 3 is 2.81 bits per heavy atom. The molecule has 1 aliphatic rings. The van der Waals surface area contributed by atoms with E-state index in [1.54, 1.807) is 7.11 Å². The average molecular weight is 345 g/mol. The zero-order chi connectivity index (χ0) is 17.8. The van der Waals surface area contributed by atoms with E-state index in [9.17, 15) is 0 Å². The summed E-state index contributed by atoms with van der Waals surface area (Å²) in [7, 11) is 1.69. The average Bonchev–Trinajstić information content (AvgIpc) is 3.32. The SMILES string of the molecule is COc1ccccc1-c1cn(CCCCC2N=Cc3ccccc32)cn1. The van der Waals surface area contributed by atoms with Crippen LogP contribution in [0.3, 0.4) is 0 Å². The first-order valence-corrected chi connectivity index (χ1v) is 9.12. The summed E-state index contributed by atoms with van der Waals surface area (Å²) < 4.78 is 7.59. The van der Waals surface area contributed by atoms with Gasteiger partial charge in [-0.2, -0.15) is 0 Å². The lowest BCUT2D eigenvalue weighted by molar-refractivity contribution is 0.416. The Hall–Kier alpha value is -2.88. The molecule has 4 heteroatoms. The molecule has 1 aromatic heterocycles. The van der Waals surface area contributed by atoms with Crippen LogP contribution < -0.4 is 4.74 Å². The minimum atomic E-state index is 0.332. The fourth-order valence-electron chi connectivity index (χ4n) is 3.52. The summed E-state index contributed by atoms with van der Waals surface area (Å²) in [6.07, 6.45) is 9.39. The van der Waals surface area contributed by atoms with E-state index in [0.29, 0.717) is 6.04 Å². The molecule has 26 heavy (non-hydrogen) atoms. The molecule has 4 nitrogen and oxygen atoms in total. The van der Waals surface area contributed by atoms with Gasteiger partial charge in [0.1, 0.15) is 5.75 Å². The van der Waals surface area contributed by atoms with Crippen molar-refractivity contribution in [3.8, 4) is 17.0 Å². The number of methoxy groups -OCH3 is 1. The van der Waals surface area contributed by atoms with Crippen LogP contribution in [-0.2, 0) is 6.54 Å². The van der Waals surface area contributed by atoms with E-state index < -0.39 is 0 Å². The highest BCUT2D eigenvalue weighted by molar-refractivity contribution is 5.85. The molecule has 0 saturated carbocycles. The van der Waals surface area contributed by atoms with Gasteiger partial charge in [0, 0.05) is 24.5 Å². The molecular weight excluding hydrogens is 322 g/mol. The number of fused-ring (bicyclic) bond motifs is 1. The molecule has 4 rings (SSSR count). The van der Waals surface area contributed by atoms with Crippen molar-refractivity contribution in [1.82, 2.24) is 9.55 Å². The Bertz CT molecular complexity index is 913. The van der Waals surface area contributed by atoms with Crippen LogP contribution in [0.15, 0.2) is 66.0 Å². The lowest BCUT2D eigenvalue weighted by Crippen LogP contribution is -1.97. The molecule has 0 N–H and O–H groups in total. The van der Waals surface area contributed by atoms with Crippen LogP contribution >= 0.6 is 0 Å². The van der Waals surface area contributed by atoms with Gasteiger partial charge < -0.3 is 9.30 Å². The van der Waals surface area contributed by atoms with Crippen molar-refractivity contribution in [1.29, 1.82) is 0 Å². The number of aryl methyl sites for hydroxylation is 1. The number of para-hydroxylation sites is 1. The van der Waals surface area contributed by atoms with Crippen LogP contribution in [0.25, 0.3) is 11.3 Å². The summed E-state index contributed by atoms with van der Waals surface area (Å²) in [5.74, 6) is 0.857. The first kappa shape index (κ1) is 16.6. The Labute approximate surface area is 154 Å². The third-order valence-electron chi connectivity index (χ3n) is 4.91. The molecule has 0 saturated heterocycles. The van der Waals surface area contributed by atoms with E-state index in [0.717, 1.165) is 42.8 Å². The largest absolute Gasteiger partial charge is 0.496 e. The van der Waals surface area contributed by atoms with Gasteiger partial charge in [0.05, 0.1) is 25.2 Å². The van der Waals surface area contributed by atoms with Gasteiger partial charge >= 0.3 is 0 Å². The summed E-state index contributed by atoms with van der Waals surface area (Å²) in [5, 5.41) is 0. The van der Waals surface area contributed by atoms with E-state index in [1.165, 1.54) is 11.1 Å². The Kier molecular flexibility index (Phi) is 4.82. The third-order valence-corrected chi connectivity index (χ3v) is 4.91. The predicted octanol–water partition coefficient (Wildman–Crippen LogP) is 4.90. The number of aromatic nitrogens is 2. The maximum atomic E-state index is 5.43. The number of aliphatic imine (C=N–C) groups is 1. The Morgan fingerprint density at radius 1 is 1.04 bits per heavy atom. The fraction of sp³-hybridized carbons (Fsp3) is 0.273. The zero-order valence-electron chi connectivity index (χ0n) is 15.0. The van der Waals surface area contributed by atoms with Crippen LogP contribution in [0.5, 0.6) is 5.75 Å². The van der Waals surface area contributed by atoms with Crippen molar-refractivity contribution in [2.45, 2.75) is 31.8 Å². The van der Waals surface area contributed by atoms with Crippen molar-refractivity contribution >= 4 is 6.21 Å². The lowest BCUT2D eigenvalue weighted by atomic mass is 10.00. The Morgan fingerprint density at radius 2 is 1.88 bits per heavy atom. The van der Waals surface area contributed by atoms with Gasteiger partial charge in [0.25, 0.3) is 0 Å². The first-order chi connectivity index (χ1) is 12.8. The molecule has 0 bridgehead atoms. The number of imidazole rings is 1. The summed E-state index contributed by atoms with van der Waals surface area (Å²) in [6.45, 7) is 0.972. The van der Waals surface area contributed by atoms with Gasteiger partial charge in [0.15, 0.2) is 0 Å². The second kappa shape index (κ2) is 7.56. The van der Waals surface area contributed by atoms with Crippen LogP contribution in [-0.4, -0.2) is 22.9 Å². The van der Waals surface area contributed by atoms with Crippen LogP contribution in [0.1, 0.15) is 36.4 Å². The number of ether oxygens (including phenoxy) is 1. The van der Waals surface area contributed by atoms with Gasteiger partial charge in [-0.15, -0.1) is 0 Å². The van der Waals surface area contributed by atoms with Gasteiger partial charge in [-0.1, -0.05) is 36.4 Å². The molecule has 1 unspecified atom stereocenters. The highest BCUT2D eigenvalue weighted by atomic mass is 16.5. The smallest absolute Gasteiger partial charge is 0.128 e. The molecule has 3 aromatic rings. The second-order valence-electron chi connectivity index (χ2n) is 6.62. The van der Waals surface area contributed by atoms with E-state index in [4.69, 9.17) is 4.74 Å². The predicted molar refractivity (Wildman–Crippen MR) is 105 cm³/mol. The molecule has 0 fully saturated rings. The maximum Gasteiger partial charge on any atom is 0.128 e. The molecule has 0 spiro atoms. The van der Waals surface area contributed by atoms with Crippen LogP contribution in [0.4, 0.5) is 0 Å².